The molecule has 5 heteroatoms. The number of hydrogen-bond acceptors (Lipinski definition) is 3. The van der Waals surface area contributed by atoms with Gasteiger partial charge in [0.1, 0.15) is 0 Å². The van der Waals surface area contributed by atoms with Crippen LogP contribution in [0.2, 0.25) is 0 Å². The van der Waals surface area contributed by atoms with Gasteiger partial charge in [-0.25, -0.2) is 14.5 Å². The summed E-state index contributed by atoms with van der Waals surface area (Å²) in [5, 5.41) is 7.28. The highest BCUT2D eigenvalue weighted by molar-refractivity contribution is 7.99. The fraction of sp³-hybridized carbons (Fsp3) is 0.333. The molecule has 90 valence electrons. The van der Waals surface area contributed by atoms with Gasteiger partial charge >= 0.3 is 5.69 Å². The molecule has 0 unspecified atom stereocenters. The van der Waals surface area contributed by atoms with Gasteiger partial charge in [0.15, 0.2) is 5.16 Å². The lowest BCUT2D eigenvalue weighted by atomic mass is 10.3. The third kappa shape index (κ3) is 2.79. The van der Waals surface area contributed by atoms with Crippen molar-refractivity contribution in [1.82, 2.24) is 14.8 Å². The molecule has 4 nitrogen and oxygen atoms in total. The number of thioether (sulfide) groups is 1. The Morgan fingerprint density at radius 1 is 1.35 bits per heavy atom. The Bertz CT molecular complexity index is 518. The summed E-state index contributed by atoms with van der Waals surface area (Å²) in [4.78, 5) is 11.7. The van der Waals surface area contributed by atoms with E-state index < -0.39 is 0 Å². The van der Waals surface area contributed by atoms with Crippen LogP contribution in [0.25, 0.3) is 5.69 Å². The first-order valence-electron chi connectivity index (χ1n) is 5.68. The van der Waals surface area contributed by atoms with E-state index in [1.165, 1.54) is 0 Å². The lowest BCUT2D eigenvalue weighted by Gasteiger charge is -2.04. The second-order valence-electron chi connectivity index (χ2n) is 3.68. The molecule has 0 saturated carbocycles. The van der Waals surface area contributed by atoms with Crippen molar-refractivity contribution < 1.29 is 0 Å². The van der Waals surface area contributed by atoms with Crippen LogP contribution >= 0.6 is 11.8 Å². The molecule has 1 aromatic carbocycles. The van der Waals surface area contributed by atoms with Crippen molar-refractivity contribution >= 4 is 11.8 Å². The summed E-state index contributed by atoms with van der Waals surface area (Å²) in [5.74, 6) is 0.980. The van der Waals surface area contributed by atoms with Crippen molar-refractivity contribution in [3.8, 4) is 5.69 Å². The van der Waals surface area contributed by atoms with Crippen LogP contribution < -0.4 is 5.69 Å². The molecular weight excluding hydrogens is 234 g/mol. The van der Waals surface area contributed by atoms with Gasteiger partial charge in [-0.15, -0.1) is 5.10 Å². The first-order valence-corrected chi connectivity index (χ1v) is 6.67. The number of hydrogen-bond donors (Lipinski definition) is 1. The van der Waals surface area contributed by atoms with E-state index in [9.17, 15) is 4.79 Å². The standard InChI is InChI=1S/C12H15N3OS/c1-2-3-9-17-12-14-13-11(16)15(12)10-7-5-4-6-8-10/h4-8H,2-3,9H2,1H3,(H,13,16). The number of para-hydroxylation sites is 1. The molecule has 0 aliphatic heterocycles. The SMILES string of the molecule is CCCCSc1n[nH]c(=O)n1-c1ccccc1. The summed E-state index contributed by atoms with van der Waals surface area (Å²) in [5.41, 5.74) is 0.667. The van der Waals surface area contributed by atoms with E-state index >= 15 is 0 Å². The second kappa shape index (κ2) is 5.72. The van der Waals surface area contributed by atoms with Crippen molar-refractivity contribution in [3.63, 3.8) is 0 Å². The van der Waals surface area contributed by atoms with Crippen molar-refractivity contribution in [1.29, 1.82) is 0 Å². The van der Waals surface area contributed by atoms with Crippen molar-refractivity contribution in [2.24, 2.45) is 0 Å². The van der Waals surface area contributed by atoms with Gasteiger partial charge in [-0.1, -0.05) is 43.3 Å². The summed E-state index contributed by atoms with van der Waals surface area (Å²) in [6.07, 6.45) is 2.27. The maximum atomic E-state index is 11.7. The highest BCUT2D eigenvalue weighted by Crippen LogP contribution is 2.18. The minimum Gasteiger partial charge on any atom is -0.246 e. The Kier molecular flexibility index (Phi) is 4.03. The van der Waals surface area contributed by atoms with E-state index in [0.717, 1.165) is 29.4 Å². The van der Waals surface area contributed by atoms with Crippen LogP contribution in [0, 0.1) is 0 Å². The van der Waals surface area contributed by atoms with E-state index in [2.05, 4.69) is 17.1 Å². The Labute approximate surface area is 104 Å². The molecule has 0 bridgehead atoms. The molecule has 0 saturated heterocycles. The van der Waals surface area contributed by atoms with Gasteiger partial charge in [0, 0.05) is 5.75 Å². The summed E-state index contributed by atoms with van der Waals surface area (Å²) >= 11 is 1.61. The van der Waals surface area contributed by atoms with Crippen LogP contribution in [0.5, 0.6) is 0 Å². The number of rotatable bonds is 5. The van der Waals surface area contributed by atoms with Crippen molar-refractivity contribution in [2.45, 2.75) is 24.9 Å². The van der Waals surface area contributed by atoms with Gasteiger partial charge in [-0.05, 0) is 18.6 Å². The van der Waals surface area contributed by atoms with Crippen molar-refractivity contribution in [3.05, 3.63) is 40.8 Å². The summed E-state index contributed by atoms with van der Waals surface area (Å²) in [6, 6.07) is 9.56. The molecule has 0 radical (unpaired) electrons. The van der Waals surface area contributed by atoms with Gasteiger partial charge in [-0.2, -0.15) is 0 Å². The number of unbranched alkanes of at least 4 members (excludes halogenated alkanes) is 1. The monoisotopic (exact) mass is 249 g/mol. The number of aromatic nitrogens is 3. The fourth-order valence-corrected chi connectivity index (χ4v) is 2.54. The van der Waals surface area contributed by atoms with Crippen LogP contribution in [0.3, 0.4) is 0 Å². The van der Waals surface area contributed by atoms with E-state index in [4.69, 9.17) is 0 Å². The molecule has 0 aliphatic rings. The molecule has 0 fully saturated rings. The molecule has 0 aliphatic carbocycles. The zero-order valence-corrected chi connectivity index (χ0v) is 10.5. The Balaban J connectivity index is 2.27. The molecule has 1 aromatic heterocycles. The number of nitrogens with zero attached hydrogens (tertiary/aromatic N) is 2. The average Bonchev–Trinajstić information content (AvgIpc) is 2.72. The van der Waals surface area contributed by atoms with E-state index in [1.54, 1.807) is 16.3 Å². The molecule has 0 spiro atoms. The summed E-state index contributed by atoms with van der Waals surface area (Å²) < 4.78 is 1.61. The predicted molar refractivity (Wildman–Crippen MR) is 69.8 cm³/mol. The Morgan fingerprint density at radius 3 is 2.82 bits per heavy atom. The van der Waals surface area contributed by atoms with Gasteiger partial charge < -0.3 is 0 Å². The minimum atomic E-state index is -0.185. The number of H-pyrrole nitrogens is 1. The maximum absolute atomic E-state index is 11.7. The third-order valence-corrected chi connectivity index (χ3v) is 3.41. The zero-order valence-electron chi connectivity index (χ0n) is 9.72. The number of benzene rings is 1. The summed E-state index contributed by atoms with van der Waals surface area (Å²) in [6.45, 7) is 2.15. The Morgan fingerprint density at radius 2 is 2.12 bits per heavy atom. The third-order valence-electron chi connectivity index (χ3n) is 2.39. The van der Waals surface area contributed by atoms with E-state index in [1.807, 2.05) is 30.3 Å². The summed E-state index contributed by atoms with van der Waals surface area (Å²) in [7, 11) is 0. The normalized spacial score (nSPS) is 10.6. The smallest absolute Gasteiger partial charge is 0.246 e. The molecular formula is C12H15N3OS. The van der Waals surface area contributed by atoms with Crippen LogP contribution in [0.4, 0.5) is 0 Å². The van der Waals surface area contributed by atoms with Crippen LogP contribution in [0.15, 0.2) is 40.3 Å². The molecule has 17 heavy (non-hydrogen) atoms. The second-order valence-corrected chi connectivity index (χ2v) is 4.75. The molecule has 0 amide bonds. The quantitative estimate of drug-likeness (QED) is 0.654. The van der Waals surface area contributed by atoms with Crippen LogP contribution in [0.1, 0.15) is 19.8 Å². The minimum absolute atomic E-state index is 0.185. The molecule has 1 N–H and O–H groups in total. The molecule has 2 rings (SSSR count). The fourth-order valence-electron chi connectivity index (χ4n) is 1.49. The van der Waals surface area contributed by atoms with Gasteiger partial charge in [0.2, 0.25) is 0 Å². The number of aromatic amines is 1. The van der Waals surface area contributed by atoms with Crippen LogP contribution in [-0.4, -0.2) is 20.5 Å². The highest BCUT2D eigenvalue weighted by Gasteiger charge is 2.09. The highest BCUT2D eigenvalue weighted by atomic mass is 32.2. The Hall–Kier alpha value is -1.49. The van der Waals surface area contributed by atoms with Gasteiger partial charge in [0.05, 0.1) is 5.69 Å². The van der Waals surface area contributed by atoms with E-state index in [0.29, 0.717) is 0 Å². The largest absolute Gasteiger partial charge is 0.348 e. The lowest BCUT2D eigenvalue weighted by Crippen LogP contribution is -2.15. The maximum Gasteiger partial charge on any atom is 0.348 e. The van der Waals surface area contributed by atoms with Gasteiger partial charge in [-0.3, -0.25) is 0 Å². The van der Waals surface area contributed by atoms with Gasteiger partial charge in [0.25, 0.3) is 0 Å². The topological polar surface area (TPSA) is 50.7 Å². The molecule has 2 aromatic rings. The number of nitrogens with one attached hydrogen (secondary N) is 1. The van der Waals surface area contributed by atoms with Crippen LogP contribution in [-0.2, 0) is 0 Å². The zero-order chi connectivity index (χ0) is 12.1. The first kappa shape index (κ1) is 12.0. The molecule has 1 heterocycles. The molecule has 0 atom stereocenters. The lowest BCUT2D eigenvalue weighted by molar-refractivity contribution is 0.856. The predicted octanol–water partition coefficient (Wildman–Crippen LogP) is 2.45. The van der Waals surface area contributed by atoms with E-state index in [-0.39, 0.29) is 5.69 Å². The van der Waals surface area contributed by atoms with Crippen molar-refractivity contribution in [2.75, 3.05) is 5.75 Å². The first-order chi connectivity index (χ1) is 8.33. The average molecular weight is 249 g/mol.